The van der Waals surface area contributed by atoms with Gasteiger partial charge in [-0.15, -0.1) is 0 Å². The Morgan fingerprint density at radius 2 is 1.25 bits per heavy atom. The molecular weight excluding hydrogens is 218 g/mol. The van der Waals surface area contributed by atoms with Gasteiger partial charge in [0.05, 0.1) is 11.9 Å². The molecule has 0 fully saturated rings. The molecule has 7 heteroatoms. The summed E-state index contributed by atoms with van der Waals surface area (Å²) in [4.78, 5) is 29.2. The normalized spacial score (nSPS) is 8.50. The summed E-state index contributed by atoms with van der Waals surface area (Å²) in [5.41, 5.74) is 3.58. The van der Waals surface area contributed by atoms with Gasteiger partial charge in [0.15, 0.2) is 0 Å². The zero-order valence-corrected chi connectivity index (χ0v) is 7.84. The van der Waals surface area contributed by atoms with E-state index in [9.17, 15) is 19.8 Å². The van der Waals surface area contributed by atoms with Crippen molar-refractivity contribution in [3.05, 3.63) is 35.4 Å². The van der Waals surface area contributed by atoms with Gasteiger partial charge in [-0.1, -0.05) is 18.2 Å². The van der Waals surface area contributed by atoms with E-state index in [1.807, 2.05) is 0 Å². The summed E-state index contributed by atoms with van der Waals surface area (Å²) < 4.78 is 0. The van der Waals surface area contributed by atoms with E-state index in [2.05, 4.69) is 5.73 Å². The van der Waals surface area contributed by atoms with Crippen LogP contribution >= 0.6 is 0 Å². The number of nitrogens with two attached hydrogens (primary N) is 1. The number of aromatic carboxylic acids is 2. The van der Waals surface area contributed by atoms with Crippen LogP contribution in [0, 0.1) is 0 Å². The molecule has 0 atom stereocenters. The predicted octanol–water partition coefficient (Wildman–Crippen LogP) is -3.30. The molecule has 86 valence electrons. The second-order valence-corrected chi connectivity index (χ2v) is 2.47. The zero-order chi connectivity index (χ0) is 12.7. The number of hydrogen-bond acceptors (Lipinski definition) is 6. The third-order valence-corrected chi connectivity index (χ3v) is 1.33. The van der Waals surface area contributed by atoms with E-state index in [0.717, 1.165) is 6.07 Å². The second kappa shape index (κ2) is 6.02. The lowest BCUT2D eigenvalue weighted by Gasteiger charge is -2.05. The van der Waals surface area contributed by atoms with Crippen LogP contribution < -0.4 is 21.1 Å². The fourth-order valence-corrected chi connectivity index (χ4v) is 0.773. The van der Waals surface area contributed by atoms with Gasteiger partial charge in [0.1, 0.15) is 6.09 Å². The van der Waals surface area contributed by atoms with Crippen LogP contribution in [0.3, 0.4) is 0 Å². The quantitative estimate of drug-likeness (QED) is 0.556. The molecule has 0 spiro atoms. The summed E-state index contributed by atoms with van der Waals surface area (Å²) in [7, 11) is 0. The minimum absolute atomic E-state index is 0.170. The van der Waals surface area contributed by atoms with Crippen LogP contribution in [0.1, 0.15) is 20.7 Å². The molecule has 0 radical (unpaired) electrons. The number of hydrogen-bond donors (Lipinski definition) is 1. The molecule has 0 aliphatic carbocycles. The van der Waals surface area contributed by atoms with Gasteiger partial charge >= 0.3 is 0 Å². The van der Waals surface area contributed by atoms with Crippen LogP contribution in [0.5, 0.6) is 0 Å². The topological polar surface area (TPSA) is 146 Å². The number of carbonyl (C=O) groups is 3. The molecule has 1 amide bonds. The fraction of sp³-hybridized carbons (Fsp3) is 0. The molecule has 16 heavy (non-hydrogen) atoms. The number of benzene rings is 1. The van der Waals surface area contributed by atoms with Crippen molar-refractivity contribution >= 4 is 18.0 Å². The van der Waals surface area contributed by atoms with Crippen LogP contribution in [0.25, 0.3) is 0 Å². The molecule has 0 heterocycles. The van der Waals surface area contributed by atoms with E-state index < -0.39 is 18.0 Å². The Labute approximate surface area is 89.7 Å². The molecule has 0 bridgehead atoms. The number of rotatable bonds is 2. The van der Waals surface area contributed by atoms with Gasteiger partial charge in [-0.3, -0.25) is 0 Å². The summed E-state index contributed by atoms with van der Waals surface area (Å²) in [5.74, 6) is -2.81. The van der Waals surface area contributed by atoms with Crippen LogP contribution in [-0.2, 0) is 0 Å². The van der Waals surface area contributed by atoms with E-state index in [1.54, 1.807) is 0 Å². The van der Waals surface area contributed by atoms with Gasteiger partial charge in [0.2, 0.25) is 0 Å². The molecule has 1 rings (SSSR count). The van der Waals surface area contributed by atoms with Gasteiger partial charge < -0.3 is 35.4 Å². The Morgan fingerprint density at radius 3 is 1.50 bits per heavy atom. The highest BCUT2D eigenvalue weighted by molar-refractivity contribution is 5.91. The minimum atomic E-state index is -1.58. The maximum Gasteiger partial charge on any atom is 0.131 e. The summed E-state index contributed by atoms with van der Waals surface area (Å²) in [6.45, 7) is 0. The van der Waals surface area contributed by atoms with Gasteiger partial charge in [0, 0.05) is 0 Å². The molecule has 0 aromatic heterocycles. The lowest BCUT2D eigenvalue weighted by molar-refractivity contribution is -0.255. The van der Waals surface area contributed by atoms with E-state index in [1.165, 1.54) is 18.2 Å². The number of carboxylic acid groups (broad SMARTS) is 3. The highest BCUT2D eigenvalue weighted by Crippen LogP contribution is 2.02. The molecule has 0 aliphatic heterocycles. The second-order valence-electron chi connectivity index (χ2n) is 2.47. The lowest BCUT2D eigenvalue weighted by Crippen LogP contribution is -2.29. The first-order valence-electron chi connectivity index (χ1n) is 3.83. The van der Waals surface area contributed by atoms with Crippen LogP contribution in [0.15, 0.2) is 24.3 Å². The Morgan fingerprint density at radius 1 is 0.938 bits per heavy atom. The van der Waals surface area contributed by atoms with Crippen molar-refractivity contribution in [3.8, 4) is 0 Å². The summed E-state index contributed by atoms with van der Waals surface area (Å²) >= 11 is 0. The number of amides is 1. The largest absolute Gasteiger partial charge is 0.545 e. The first-order valence-corrected chi connectivity index (χ1v) is 3.83. The van der Waals surface area contributed by atoms with Crippen molar-refractivity contribution in [3.63, 3.8) is 0 Å². The Bertz CT molecular complexity index is 381. The third-order valence-electron chi connectivity index (χ3n) is 1.33. The van der Waals surface area contributed by atoms with Crippen molar-refractivity contribution in [2.24, 2.45) is 5.73 Å². The van der Waals surface area contributed by atoms with Crippen LogP contribution in [0.2, 0.25) is 0 Å². The zero-order valence-electron chi connectivity index (χ0n) is 7.84. The van der Waals surface area contributed by atoms with Gasteiger partial charge in [-0.2, -0.15) is 0 Å². The van der Waals surface area contributed by atoms with E-state index in [4.69, 9.17) is 9.90 Å². The molecule has 0 saturated carbocycles. The summed E-state index contributed by atoms with van der Waals surface area (Å²) in [6.07, 6.45) is -1.58. The molecule has 0 unspecified atom stereocenters. The van der Waals surface area contributed by atoms with Crippen molar-refractivity contribution in [1.29, 1.82) is 0 Å². The highest BCUT2D eigenvalue weighted by atomic mass is 16.4. The molecule has 1 aromatic rings. The molecule has 0 saturated heterocycles. The first-order chi connectivity index (χ1) is 7.34. The van der Waals surface area contributed by atoms with Crippen LogP contribution in [-0.4, -0.2) is 18.0 Å². The average molecular weight is 224 g/mol. The Kier molecular flexibility index (Phi) is 5.05. The molecule has 0 aliphatic rings. The SMILES string of the molecule is NC(=O)[O-].O=C([O-])c1cccc(C(=O)[O-])c1. The predicted molar refractivity (Wildman–Crippen MR) is 44.7 cm³/mol. The van der Waals surface area contributed by atoms with E-state index >= 15 is 0 Å². The molecule has 7 nitrogen and oxygen atoms in total. The van der Waals surface area contributed by atoms with Crippen LogP contribution in [0.4, 0.5) is 4.79 Å². The van der Waals surface area contributed by atoms with Crippen molar-refractivity contribution < 1.29 is 29.7 Å². The highest BCUT2D eigenvalue weighted by Gasteiger charge is 1.96. The molecule has 2 N–H and O–H groups in total. The minimum Gasteiger partial charge on any atom is -0.545 e. The standard InChI is InChI=1S/C8H6O4.CH3NO2/c9-7(10)5-2-1-3-6(4-5)8(11)12;2-1(3)4/h1-4H,(H,9,10)(H,11,12);2H2,(H,3,4)/p-3. The van der Waals surface area contributed by atoms with Gasteiger partial charge in [-0.25, -0.2) is 0 Å². The fourth-order valence-electron chi connectivity index (χ4n) is 0.773. The Hall–Kier alpha value is -2.57. The summed E-state index contributed by atoms with van der Waals surface area (Å²) in [5, 5.41) is 29.2. The smallest absolute Gasteiger partial charge is 0.131 e. The van der Waals surface area contributed by atoms with Gasteiger partial charge in [0.25, 0.3) is 0 Å². The first kappa shape index (κ1) is 13.4. The third kappa shape index (κ3) is 5.22. The number of carboxylic acids is 2. The monoisotopic (exact) mass is 224 g/mol. The Balaban J connectivity index is 0.000000487. The number of carbonyl (C=O) groups excluding carboxylic acids is 3. The van der Waals surface area contributed by atoms with E-state index in [0.29, 0.717) is 0 Å². The summed E-state index contributed by atoms with van der Waals surface area (Å²) in [6, 6.07) is 4.81. The van der Waals surface area contributed by atoms with Crippen molar-refractivity contribution in [1.82, 2.24) is 0 Å². The van der Waals surface area contributed by atoms with Gasteiger partial charge in [-0.05, 0) is 17.2 Å². The van der Waals surface area contributed by atoms with E-state index in [-0.39, 0.29) is 11.1 Å². The van der Waals surface area contributed by atoms with Crippen molar-refractivity contribution in [2.45, 2.75) is 0 Å². The number of primary amides is 1. The molecular formula is C9H6NO6-3. The maximum atomic E-state index is 10.3. The van der Waals surface area contributed by atoms with Crippen molar-refractivity contribution in [2.75, 3.05) is 0 Å². The lowest BCUT2D eigenvalue weighted by atomic mass is 10.1. The molecule has 1 aromatic carbocycles. The average Bonchev–Trinajstić information content (AvgIpc) is 2.17. The maximum absolute atomic E-state index is 10.3.